The van der Waals surface area contributed by atoms with E-state index in [1.54, 1.807) is 0 Å². The Bertz CT molecular complexity index is 4140. The quantitative estimate of drug-likeness (QED) is 0.0409. The van der Waals surface area contributed by atoms with Crippen LogP contribution < -0.4 is 153 Å². The molecule has 23 nitrogen and oxygen atoms in total. The first-order chi connectivity index (χ1) is 33.2. The van der Waals surface area contributed by atoms with Crippen molar-refractivity contribution in [1.82, 2.24) is 0 Å². The van der Waals surface area contributed by atoms with Crippen LogP contribution in [0.2, 0.25) is 0 Å². The van der Waals surface area contributed by atoms with Gasteiger partial charge in [-0.15, -0.1) is 26.2 Å². The van der Waals surface area contributed by atoms with E-state index < -0.39 is 105 Å². The second-order valence-electron chi connectivity index (χ2n) is 15.1. The Morgan fingerprint density at radius 1 is 0.440 bits per heavy atom. The standard InChI is InChI=1S/C44H33N5O18S4.4Na/c1-66-36-15-21(22-4-10-33(37(16-22)67-2)47-49-42-39(71(63,64)65)18-25-14-29(69(57,58)59)20-35(51)40(25)44(42)53)3-9-32(36)46-48-41-38(70(60,61)62)17-24-12-27(6-8-31(24)43(41)52)45-26-5-7-30-23(11-26)13-28(19-34(30)50)68(54,55)56;;;;/h3-20,45,50-53H,1-2H3,(H,54,55,56)(H,57,58,59)(H,60,61,62)(H,63,64,65);;;;/q;4*+1/p-4. The summed E-state index contributed by atoms with van der Waals surface area (Å²) in [6, 6.07) is 21.9. The van der Waals surface area contributed by atoms with Gasteiger partial charge in [0.25, 0.3) is 40.5 Å². The molecule has 0 aliphatic carbocycles. The van der Waals surface area contributed by atoms with Crippen LogP contribution in [0.3, 0.4) is 0 Å². The van der Waals surface area contributed by atoms with Crippen molar-refractivity contribution in [2.45, 2.75) is 19.6 Å². The summed E-state index contributed by atoms with van der Waals surface area (Å²) in [5.74, 6) is -4.05. The predicted molar refractivity (Wildman–Crippen MR) is 246 cm³/mol. The molecule has 0 bridgehead atoms. The zero-order valence-corrected chi connectivity index (χ0v) is 51.1. The van der Waals surface area contributed by atoms with Crippen LogP contribution in [0.5, 0.6) is 34.5 Å². The van der Waals surface area contributed by atoms with Crippen LogP contribution in [0, 0.1) is 0 Å². The fraction of sp³-hybridized carbons (Fsp3) is 0.0455. The van der Waals surface area contributed by atoms with E-state index in [2.05, 4.69) is 25.8 Å². The molecule has 8 aromatic carbocycles. The van der Waals surface area contributed by atoms with Crippen molar-refractivity contribution >= 4 is 107 Å². The first-order valence-electron chi connectivity index (χ1n) is 19.6. The molecule has 31 heteroatoms. The van der Waals surface area contributed by atoms with Crippen LogP contribution in [-0.2, 0) is 40.5 Å². The van der Waals surface area contributed by atoms with E-state index in [1.165, 1.54) is 87.0 Å². The first-order valence-corrected chi connectivity index (χ1v) is 25.4. The fourth-order valence-electron chi connectivity index (χ4n) is 7.34. The minimum Gasteiger partial charge on any atom is -0.872 e. The third-order valence-electron chi connectivity index (χ3n) is 10.6. The molecular formula is C44H29N5Na4O18S4. The Balaban J connectivity index is 0.00000304. The molecule has 0 aliphatic rings. The predicted octanol–water partition coefficient (Wildman–Crippen LogP) is -5.30. The van der Waals surface area contributed by atoms with Crippen LogP contribution in [0.25, 0.3) is 43.4 Å². The Kier molecular flexibility index (Phi) is 20.6. The molecule has 5 N–H and O–H groups in total. The molecule has 0 radical (unpaired) electrons. The van der Waals surface area contributed by atoms with Gasteiger partial charge in [-0.05, 0) is 128 Å². The zero-order valence-electron chi connectivity index (χ0n) is 39.8. The van der Waals surface area contributed by atoms with Crippen molar-refractivity contribution < 1.29 is 200 Å². The molecule has 0 aliphatic heterocycles. The summed E-state index contributed by atoms with van der Waals surface area (Å²) in [5.41, 5.74) is -0.315. The van der Waals surface area contributed by atoms with Crippen molar-refractivity contribution in [3.63, 3.8) is 0 Å². The SMILES string of the molecule is COc1cc(-c2ccc(N=Nc3c(S(=O)(=O)O)cc4cc(S(=O)(=O)O)cc([O-])c4c3[O-])c(OC)c2)ccc1N=Nc1c(S(=O)(=O)O)cc2cc(Nc3ccc4c([O-])cc(S(=O)(=O)O)cc4c3)ccc2c1[O-].[Na+].[Na+].[Na+].[Na+]. The van der Waals surface area contributed by atoms with Gasteiger partial charge in [-0.25, -0.2) is 0 Å². The molecule has 0 saturated heterocycles. The van der Waals surface area contributed by atoms with Gasteiger partial charge >= 0.3 is 118 Å². The minimum atomic E-state index is -5.25. The van der Waals surface area contributed by atoms with E-state index in [1.807, 2.05) is 0 Å². The maximum Gasteiger partial charge on any atom is 1.00 e. The van der Waals surface area contributed by atoms with Gasteiger partial charge in [-0.1, -0.05) is 41.5 Å². The van der Waals surface area contributed by atoms with Gasteiger partial charge in [0.05, 0.1) is 35.4 Å². The Hall–Kier alpha value is -4.02. The van der Waals surface area contributed by atoms with Crippen LogP contribution in [0.1, 0.15) is 0 Å². The average molecular weight is 1140 g/mol. The maximum absolute atomic E-state index is 13.8. The molecule has 0 atom stereocenters. The number of rotatable bonds is 13. The summed E-state index contributed by atoms with van der Waals surface area (Å²) >= 11 is 0. The average Bonchev–Trinajstić information content (AvgIpc) is 3.29. The van der Waals surface area contributed by atoms with Crippen LogP contribution in [-0.4, -0.2) is 66.1 Å². The van der Waals surface area contributed by atoms with Crippen LogP contribution in [0.15, 0.2) is 149 Å². The number of hydrogen-bond donors (Lipinski definition) is 5. The van der Waals surface area contributed by atoms with Crippen LogP contribution in [0.4, 0.5) is 34.1 Å². The Labute approximate surface area is 514 Å². The second kappa shape index (κ2) is 24.3. The van der Waals surface area contributed by atoms with Gasteiger partial charge < -0.3 is 35.2 Å². The van der Waals surface area contributed by atoms with Gasteiger partial charge in [-0.2, -0.15) is 33.7 Å². The number of hydrogen-bond acceptors (Lipinski definition) is 19. The number of anilines is 2. The van der Waals surface area contributed by atoms with E-state index in [4.69, 9.17) is 9.47 Å². The number of fused-ring (bicyclic) bond motifs is 3. The van der Waals surface area contributed by atoms with Gasteiger partial charge in [0.2, 0.25) is 0 Å². The number of nitrogens with one attached hydrogen (secondary N) is 1. The van der Waals surface area contributed by atoms with E-state index in [-0.39, 0.29) is 163 Å². The molecule has 0 spiro atoms. The van der Waals surface area contributed by atoms with Gasteiger partial charge in [0.15, 0.2) is 0 Å². The van der Waals surface area contributed by atoms with Crippen molar-refractivity contribution in [3.05, 3.63) is 109 Å². The molecule has 0 unspecified atom stereocenters. The zero-order chi connectivity index (χ0) is 51.5. The third kappa shape index (κ3) is 13.6. The number of methoxy groups -OCH3 is 2. The summed E-state index contributed by atoms with van der Waals surface area (Å²) in [7, 11) is -17.5. The monoisotopic (exact) mass is 1130 g/mol. The Morgan fingerprint density at radius 3 is 1.31 bits per heavy atom. The normalized spacial score (nSPS) is 12.0. The number of nitrogens with zero attached hydrogens (tertiary/aromatic N) is 4. The van der Waals surface area contributed by atoms with Crippen molar-refractivity contribution in [2.24, 2.45) is 20.5 Å². The summed E-state index contributed by atoms with van der Waals surface area (Å²) in [4.78, 5) is -3.54. The first kappa shape index (κ1) is 63.5. The summed E-state index contributed by atoms with van der Waals surface area (Å²) in [6.07, 6.45) is 0. The van der Waals surface area contributed by atoms with Gasteiger partial charge in [0.1, 0.15) is 32.7 Å². The van der Waals surface area contributed by atoms with Crippen LogP contribution >= 0.6 is 0 Å². The number of ether oxygens (including phenoxy) is 2. The van der Waals surface area contributed by atoms with E-state index in [9.17, 15) is 72.3 Å². The van der Waals surface area contributed by atoms with Crippen molar-refractivity contribution in [1.29, 1.82) is 0 Å². The maximum atomic E-state index is 13.8. The van der Waals surface area contributed by atoms with Gasteiger partial charge in [-0.3, -0.25) is 18.2 Å². The summed E-state index contributed by atoms with van der Waals surface area (Å²) in [5, 5.41) is 70.1. The van der Waals surface area contributed by atoms with E-state index >= 15 is 0 Å². The summed E-state index contributed by atoms with van der Waals surface area (Å²) < 4.78 is 147. The number of benzene rings is 8. The minimum absolute atomic E-state index is 0. The molecule has 0 heterocycles. The van der Waals surface area contributed by atoms with Crippen molar-refractivity contribution in [3.8, 4) is 45.6 Å². The number of azo groups is 2. The second-order valence-corrected chi connectivity index (χ2v) is 20.7. The molecule has 8 rings (SSSR count). The Morgan fingerprint density at radius 2 is 0.853 bits per heavy atom. The van der Waals surface area contributed by atoms with E-state index in [0.717, 1.165) is 18.2 Å². The molecule has 75 heavy (non-hydrogen) atoms. The molecule has 0 amide bonds. The molecule has 0 aromatic heterocycles. The largest absolute Gasteiger partial charge is 1.00 e. The van der Waals surface area contributed by atoms with E-state index in [0.29, 0.717) is 40.7 Å². The molecule has 8 aromatic rings. The molecule has 366 valence electrons. The third-order valence-corrected chi connectivity index (χ3v) is 14.0. The molecule has 0 fully saturated rings. The fourth-order valence-corrected chi connectivity index (χ4v) is 9.72. The topological polar surface area (TPSA) is 390 Å². The summed E-state index contributed by atoms with van der Waals surface area (Å²) in [6.45, 7) is 0. The smallest absolute Gasteiger partial charge is 0.872 e. The van der Waals surface area contributed by atoms with Gasteiger partial charge in [0, 0.05) is 11.4 Å². The molecule has 0 saturated carbocycles. The van der Waals surface area contributed by atoms with Crippen molar-refractivity contribution in [2.75, 3.05) is 19.5 Å². The molecular weight excluding hydrogens is 1110 g/mol.